The van der Waals surface area contributed by atoms with Gasteiger partial charge in [-0.3, -0.25) is 9.59 Å². The van der Waals surface area contributed by atoms with Crippen LogP contribution < -0.4 is 9.47 Å². The largest absolute Gasteiger partial charge is 0.496 e. The van der Waals surface area contributed by atoms with Crippen molar-refractivity contribution < 1.29 is 26.9 Å². The highest BCUT2D eigenvalue weighted by Gasteiger charge is 2.20. The Labute approximate surface area is 203 Å². The second kappa shape index (κ2) is 11.9. The van der Waals surface area contributed by atoms with E-state index in [0.29, 0.717) is 28.2 Å². The number of rotatable bonds is 11. The summed E-state index contributed by atoms with van der Waals surface area (Å²) in [6, 6.07) is 19.4. The fraction of sp³-hybridized carbons (Fsp3) is 0.286. The van der Waals surface area contributed by atoms with Gasteiger partial charge in [0.25, 0.3) is 5.91 Å². The topological polar surface area (TPSA) is 76.1 Å². The molecule has 2 atom stereocenters. The van der Waals surface area contributed by atoms with Crippen molar-refractivity contribution in [3.8, 4) is 11.5 Å². The number of methoxy groups -OCH3 is 2. The molecule has 1 amide bonds. The Kier molecular flexibility index (Phi) is 7.70. The second-order valence-electron chi connectivity index (χ2n) is 7.89. The monoisotopic (exact) mass is 465 g/mol. The number of ether oxygens (including phenoxy) is 2. The molecule has 0 aromatic heterocycles. The number of hydrogen-bond donors (Lipinski definition) is 1. The second-order valence-corrected chi connectivity index (χ2v) is 7.89. The van der Waals surface area contributed by atoms with Crippen LogP contribution >= 0.6 is 0 Å². The van der Waals surface area contributed by atoms with Gasteiger partial charge in [0.2, 0.25) is 0 Å². The third-order valence-electron chi connectivity index (χ3n) is 5.47. The molecule has 2 unspecified atom stereocenters. The molecule has 6 nitrogen and oxygen atoms in total. The van der Waals surface area contributed by atoms with Gasteiger partial charge in [0.1, 0.15) is 11.5 Å². The standard InChI is InChI=1S/C28H31NO5/c1-20-25(33-2)17-24(18-26(20)34-3)28(32)29(15-7-10-21-8-5-4-6-9-21)19-23-13-11-22(12-14-23)16-27(30)31/h4-6,8-9,11-14,17-18H,7,10,15-16,19H2,1-3H3,(H,30,31)/i7T,10T. The van der Waals surface area contributed by atoms with Crippen molar-refractivity contribution >= 4 is 11.9 Å². The molecule has 178 valence electrons. The smallest absolute Gasteiger partial charge is 0.307 e. The molecule has 0 radical (unpaired) electrons. The Morgan fingerprint density at radius 2 is 1.50 bits per heavy atom. The zero-order chi connectivity index (χ0) is 26.2. The average molecular weight is 466 g/mol. The summed E-state index contributed by atoms with van der Waals surface area (Å²) in [7, 11) is 3.05. The van der Waals surface area contributed by atoms with Gasteiger partial charge in [0.15, 0.2) is 0 Å². The van der Waals surface area contributed by atoms with Crippen molar-refractivity contribution in [1.29, 1.82) is 0 Å². The molecule has 3 aromatic carbocycles. The van der Waals surface area contributed by atoms with Crippen LogP contribution in [0.4, 0.5) is 0 Å². The van der Waals surface area contributed by atoms with E-state index in [1.54, 1.807) is 36.4 Å². The number of hydrogen-bond acceptors (Lipinski definition) is 4. The van der Waals surface area contributed by atoms with Crippen molar-refractivity contribution in [2.24, 2.45) is 0 Å². The minimum absolute atomic E-state index is 0.0251. The molecule has 1 N–H and O–H groups in total. The number of carboxylic acid groups (broad SMARTS) is 1. The lowest BCUT2D eigenvalue weighted by molar-refractivity contribution is -0.136. The summed E-state index contributed by atoms with van der Waals surface area (Å²) in [6.45, 7) is 2.06. The SMILES string of the molecule is [3H]C(CN(Cc1ccc(CC(=O)O)cc1)C(=O)c1cc(OC)c(C)c(OC)c1)C([3H])c1ccccc1. The molecule has 34 heavy (non-hydrogen) atoms. The lowest BCUT2D eigenvalue weighted by atomic mass is 10.1. The van der Waals surface area contributed by atoms with Gasteiger partial charge in [-0.1, -0.05) is 54.6 Å². The summed E-state index contributed by atoms with van der Waals surface area (Å²) in [6.07, 6.45) is -1.81. The molecule has 3 rings (SSSR count). The van der Waals surface area contributed by atoms with Crippen LogP contribution in [0.5, 0.6) is 11.5 Å². The number of benzene rings is 3. The first-order chi connectivity index (χ1) is 17.2. The Bertz CT molecular complexity index is 1160. The van der Waals surface area contributed by atoms with E-state index in [9.17, 15) is 9.59 Å². The van der Waals surface area contributed by atoms with E-state index in [4.69, 9.17) is 17.3 Å². The average Bonchev–Trinajstić information content (AvgIpc) is 2.88. The van der Waals surface area contributed by atoms with Gasteiger partial charge in [-0.05, 0) is 48.5 Å². The third-order valence-corrected chi connectivity index (χ3v) is 5.47. The lowest BCUT2D eigenvalue weighted by Gasteiger charge is -2.24. The summed E-state index contributed by atoms with van der Waals surface area (Å²) in [5, 5.41) is 9.02. The summed E-state index contributed by atoms with van der Waals surface area (Å²) in [5.74, 6) is -0.207. The number of nitrogens with zero attached hydrogens (tertiary/aromatic N) is 1. The van der Waals surface area contributed by atoms with E-state index in [2.05, 4.69) is 0 Å². The normalized spacial score (nSPS) is 13.3. The minimum atomic E-state index is -0.915. The zero-order valence-corrected chi connectivity index (χ0v) is 19.7. The Balaban J connectivity index is 1.91. The number of carbonyl (C=O) groups is 2. The first-order valence-corrected chi connectivity index (χ1v) is 10.9. The van der Waals surface area contributed by atoms with E-state index in [1.165, 1.54) is 19.1 Å². The van der Waals surface area contributed by atoms with Gasteiger partial charge < -0.3 is 19.5 Å². The van der Waals surface area contributed by atoms with Crippen molar-refractivity contribution in [3.63, 3.8) is 0 Å². The van der Waals surface area contributed by atoms with E-state index in [0.717, 1.165) is 11.1 Å². The van der Waals surface area contributed by atoms with Crippen LogP contribution in [0.3, 0.4) is 0 Å². The van der Waals surface area contributed by atoms with Crippen molar-refractivity contribution in [2.45, 2.75) is 32.7 Å². The predicted octanol–water partition coefficient (Wildman–Crippen LogP) is 4.91. The van der Waals surface area contributed by atoms with E-state index < -0.39 is 18.8 Å². The molecule has 0 bridgehead atoms. The first-order valence-electron chi connectivity index (χ1n) is 12.1. The fourth-order valence-corrected chi connectivity index (χ4v) is 3.65. The fourth-order valence-electron chi connectivity index (χ4n) is 3.65. The quantitative estimate of drug-likeness (QED) is 0.435. The highest BCUT2D eigenvalue weighted by Crippen LogP contribution is 2.30. The van der Waals surface area contributed by atoms with Gasteiger partial charge in [-0.2, -0.15) is 0 Å². The van der Waals surface area contributed by atoms with Crippen LogP contribution in [-0.2, 0) is 24.2 Å². The molecule has 0 heterocycles. The molecule has 0 aliphatic rings. The highest BCUT2D eigenvalue weighted by molar-refractivity contribution is 5.95. The molecule has 3 aromatic rings. The number of amides is 1. The number of aliphatic carboxylic acids is 1. The van der Waals surface area contributed by atoms with Gasteiger partial charge in [0, 0.05) is 27.0 Å². The molecule has 0 saturated carbocycles. The van der Waals surface area contributed by atoms with Crippen LogP contribution in [0.25, 0.3) is 0 Å². The van der Waals surface area contributed by atoms with Crippen LogP contribution in [0.15, 0.2) is 66.7 Å². The number of carboxylic acids is 1. The van der Waals surface area contributed by atoms with Crippen LogP contribution in [-0.4, -0.2) is 42.6 Å². The Hall–Kier alpha value is -3.80. The maximum Gasteiger partial charge on any atom is 0.307 e. The number of aryl methyl sites for hydroxylation is 1. The highest BCUT2D eigenvalue weighted by atomic mass is 16.5. The van der Waals surface area contributed by atoms with E-state index in [-0.39, 0.29) is 25.4 Å². The van der Waals surface area contributed by atoms with E-state index >= 15 is 0 Å². The Morgan fingerprint density at radius 1 is 0.912 bits per heavy atom. The molecular formula is C28H31NO5. The van der Waals surface area contributed by atoms with Gasteiger partial charge in [-0.15, -0.1) is 0 Å². The van der Waals surface area contributed by atoms with Gasteiger partial charge >= 0.3 is 5.97 Å². The van der Waals surface area contributed by atoms with Crippen LogP contribution in [0.1, 0.15) is 41.8 Å². The van der Waals surface area contributed by atoms with Gasteiger partial charge in [-0.25, -0.2) is 0 Å². The molecule has 6 heteroatoms. The third kappa shape index (κ3) is 6.61. The van der Waals surface area contributed by atoms with Crippen LogP contribution in [0, 0.1) is 6.92 Å². The number of carbonyl (C=O) groups excluding carboxylic acids is 1. The maximum atomic E-state index is 13.7. The molecule has 0 aliphatic carbocycles. The minimum Gasteiger partial charge on any atom is -0.496 e. The summed E-state index contributed by atoms with van der Waals surface area (Å²) in [4.78, 5) is 26.2. The van der Waals surface area contributed by atoms with Crippen molar-refractivity contribution in [2.75, 3.05) is 20.8 Å². The summed E-state index contributed by atoms with van der Waals surface area (Å²) < 4.78 is 28.1. The van der Waals surface area contributed by atoms with Gasteiger partial charge in [0.05, 0.1) is 20.6 Å². The van der Waals surface area contributed by atoms with Crippen molar-refractivity contribution in [1.82, 2.24) is 4.90 Å². The Morgan fingerprint density at radius 3 is 2.06 bits per heavy atom. The maximum absolute atomic E-state index is 13.7. The molecule has 0 spiro atoms. The molecule has 0 fully saturated rings. The molecule has 0 saturated heterocycles. The van der Waals surface area contributed by atoms with Crippen molar-refractivity contribution in [3.05, 3.63) is 94.5 Å². The summed E-state index contributed by atoms with van der Waals surface area (Å²) >= 11 is 0. The first kappa shape index (κ1) is 22.0. The molecular weight excluding hydrogens is 430 g/mol. The summed E-state index contributed by atoms with van der Waals surface area (Å²) in [5.41, 5.74) is 3.28. The molecule has 0 aliphatic heterocycles. The predicted molar refractivity (Wildman–Crippen MR) is 132 cm³/mol. The van der Waals surface area contributed by atoms with Crippen LogP contribution in [0.2, 0.25) is 0 Å². The van der Waals surface area contributed by atoms with E-state index in [1.807, 2.05) is 37.3 Å². The zero-order valence-electron chi connectivity index (χ0n) is 21.7. The lowest BCUT2D eigenvalue weighted by Crippen LogP contribution is -2.32.